The van der Waals surface area contributed by atoms with Gasteiger partial charge in [0.15, 0.2) is 5.76 Å². The Balaban J connectivity index is 2.43. The average molecular weight is 277 g/mol. The monoisotopic (exact) mass is 277 g/mol. The van der Waals surface area contributed by atoms with Crippen LogP contribution in [0, 0.1) is 0 Å². The van der Waals surface area contributed by atoms with Crippen LogP contribution in [0.4, 0.5) is 13.2 Å². The molecule has 1 fully saturated rings. The molecule has 0 radical (unpaired) electrons. The molecule has 0 N–H and O–H groups in total. The minimum Gasteiger partial charge on any atom is -0.464 e. The fraction of sp³-hybridized carbons (Fsp3) is 0.667. The van der Waals surface area contributed by atoms with E-state index < -0.39 is 23.4 Å². The van der Waals surface area contributed by atoms with E-state index in [0.29, 0.717) is 12.8 Å². The lowest BCUT2D eigenvalue weighted by Crippen LogP contribution is -2.16. The zero-order valence-electron chi connectivity index (χ0n) is 10.4. The summed E-state index contributed by atoms with van der Waals surface area (Å²) in [6.07, 6.45) is -0.698. The van der Waals surface area contributed by atoms with Crippen molar-refractivity contribution in [3.05, 3.63) is 17.0 Å². The Morgan fingerprint density at radius 2 is 1.95 bits per heavy atom. The van der Waals surface area contributed by atoms with Gasteiger partial charge in [0.05, 0.1) is 7.11 Å². The van der Waals surface area contributed by atoms with E-state index in [2.05, 4.69) is 9.89 Å². The number of carbonyl (C=O) groups excluding carboxylic acids is 1. The van der Waals surface area contributed by atoms with E-state index in [9.17, 15) is 18.0 Å². The Bertz CT molecular complexity index is 461. The number of aromatic nitrogens is 1. The predicted molar refractivity (Wildman–Crippen MR) is 58.7 cm³/mol. The largest absolute Gasteiger partial charge is 0.464 e. The fourth-order valence-electron chi connectivity index (χ4n) is 2.46. The van der Waals surface area contributed by atoms with E-state index in [4.69, 9.17) is 4.52 Å². The molecule has 19 heavy (non-hydrogen) atoms. The molecule has 0 saturated heterocycles. The molecule has 7 heteroatoms. The molecule has 0 spiro atoms. The molecule has 0 bridgehead atoms. The van der Waals surface area contributed by atoms with Gasteiger partial charge in [-0.05, 0) is 12.8 Å². The second-order valence-corrected chi connectivity index (χ2v) is 4.59. The maximum absolute atomic E-state index is 13.1. The van der Waals surface area contributed by atoms with E-state index in [0.717, 1.165) is 26.4 Å². The number of halogens is 3. The Kier molecular flexibility index (Phi) is 3.82. The highest BCUT2D eigenvalue weighted by atomic mass is 19.4. The van der Waals surface area contributed by atoms with Crippen LogP contribution in [-0.4, -0.2) is 18.2 Å². The van der Waals surface area contributed by atoms with Gasteiger partial charge in [0.1, 0.15) is 5.56 Å². The van der Waals surface area contributed by atoms with Crippen LogP contribution in [0.2, 0.25) is 0 Å². The number of ether oxygens (including phenoxy) is 1. The summed E-state index contributed by atoms with van der Waals surface area (Å²) in [5.74, 6) is -1.68. The van der Waals surface area contributed by atoms with Gasteiger partial charge < -0.3 is 9.26 Å². The molecular formula is C12H14F3NO3. The van der Waals surface area contributed by atoms with Gasteiger partial charge in [-0.1, -0.05) is 24.4 Å². The van der Waals surface area contributed by atoms with Gasteiger partial charge in [0.25, 0.3) is 0 Å². The molecule has 0 aromatic carbocycles. The van der Waals surface area contributed by atoms with E-state index >= 15 is 0 Å². The summed E-state index contributed by atoms with van der Waals surface area (Å²) >= 11 is 0. The molecule has 1 aromatic heterocycles. The summed E-state index contributed by atoms with van der Waals surface area (Å²) in [6.45, 7) is 0. The summed E-state index contributed by atoms with van der Waals surface area (Å²) in [5, 5.41) is 3.26. The first-order valence-electron chi connectivity index (χ1n) is 6.10. The normalized spacial score (nSPS) is 17.5. The van der Waals surface area contributed by atoms with Crippen molar-refractivity contribution in [3.63, 3.8) is 0 Å². The van der Waals surface area contributed by atoms with Gasteiger partial charge in [-0.25, -0.2) is 4.79 Å². The molecule has 4 nitrogen and oxygen atoms in total. The molecule has 0 atom stereocenters. The smallest absolute Gasteiger partial charge is 0.422 e. The maximum Gasteiger partial charge on any atom is 0.422 e. The Morgan fingerprint density at radius 3 is 2.47 bits per heavy atom. The average Bonchev–Trinajstić information content (AvgIpc) is 2.83. The summed E-state index contributed by atoms with van der Waals surface area (Å²) in [5.41, 5.74) is -1.86. The van der Waals surface area contributed by atoms with Crippen molar-refractivity contribution in [1.29, 1.82) is 0 Å². The fourth-order valence-corrected chi connectivity index (χ4v) is 2.46. The van der Waals surface area contributed by atoms with Crippen molar-refractivity contribution < 1.29 is 27.2 Å². The standard InChI is InChI=1S/C12H14F3NO3/c1-18-11(17)9-8(12(13,14)15)10(19-16-9)7-5-3-2-4-6-7/h7H,2-6H2,1H3. The van der Waals surface area contributed by atoms with Gasteiger partial charge in [0, 0.05) is 5.92 Å². The number of alkyl halides is 3. The lowest BCUT2D eigenvalue weighted by Gasteiger charge is -2.20. The minimum atomic E-state index is -4.67. The molecular weight excluding hydrogens is 263 g/mol. The summed E-state index contributed by atoms with van der Waals surface area (Å²) in [7, 11) is 1.01. The van der Waals surface area contributed by atoms with E-state index in [1.165, 1.54) is 0 Å². The maximum atomic E-state index is 13.1. The minimum absolute atomic E-state index is 0.229. The Hall–Kier alpha value is -1.53. The van der Waals surface area contributed by atoms with Crippen LogP contribution in [0.3, 0.4) is 0 Å². The van der Waals surface area contributed by atoms with E-state index in [1.807, 2.05) is 0 Å². The van der Waals surface area contributed by atoms with E-state index in [-0.39, 0.29) is 11.7 Å². The molecule has 106 valence electrons. The zero-order valence-corrected chi connectivity index (χ0v) is 10.4. The number of carbonyl (C=O) groups is 1. The zero-order chi connectivity index (χ0) is 14.0. The summed E-state index contributed by atoms with van der Waals surface area (Å²) < 4.78 is 48.4. The lowest BCUT2D eigenvalue weighted by atomic mass is 9.85. The number of nitrogens with zero attached hydrogens (tertiary/aromatic N) is 1. The highest BCUT2D eigenvalue weighted by Crippen LogP contribution is 2.42. The molecule has 2 rings (SSSR count). The number of hydrogen-bond donors (Lipinski definition) is 0. The third-order valence-electron chi connectivity index (χ3n) is 3.36. The summed E-state index contributed by atoms with van der Waals surface area (Å²) in [4.78, 5) is 11.3. The quantitative estimate of drug-likeness (QED) is 0.776. The highest BCUT2D eigenvalue weighted by Gasteiger charge is 2.44. The van der Waals surface area contributed by atoms with Crippen LogP contribution in [0.25, 0.3) is 0 Å². The topological polar surface area (TPSA) is 52.3 Å². The van der Waals surface area contributed by atoms with Crippen molar-refractivity contribution in [2.75, 3.05) is 7.11 Å². The molecule has 1 heterocycles. The second kappa shape index (κ2) is 5.22. The van der Waals surface area contributed by atoms with Gasteiger partial charge in [-0.3, -0.25) is 0 Å². The van der Waals surface area contributed by atoms with Crippen LogP contribution >= 0.6 is 0 Å². The van der Waals surface area contributed by atoms with Crippen molar-refractivity contribution in [2.24, 2.45) is 0 Å². The van der Waals surface area contributed by atoms with Crippen LogP contribution in [0.15, 0.2) is 4.52 Å². The highest BCUT2D eigenvalue weighted by molar-refractivity contribution is 5.89. The van der Waals surface area contributed by atoms with Crippen molar-refractivity contribution in [1.82, 2.24) is 5.16 Å². The van der Waals surface area contributed by atoms with Crippen molar-refractivity contribution in [2.45, 2.75) is 44.2 Å². The Labute approximate surface area is 107 Å². The molecule has 1 aromatic rings. The van der Waals surface area contributed by atoms with Gasteiger partial charge in [-0.2, -0.15) is 13.2 Å². The number of hydrogen-bond acceptors (Lipinski definition) is 4. The van der Waals surface area contributed by atoms with Crippen molar-refractivity contribution in [3.8, 4) is 0 Å². The molecule has 1 aliphatic rings. The van der Waals surface area contributed by atoms with Gasteiger partial charge >= 0.3 is 12.1 Å². The molecule has 0 aliphatic heterocycles. The van der Waals surface area contributed by atoms with E-state index in [1.54, 1.807) is 0 Å². The van der Waals surface area contributed by atoms with Gasteiger partial charge in [-0.15, -0.1) is 0 Å². The SMILES string of the molecule is COC(=O)c1noc(C2CCCCC2)c1C(F)(F)F. The molecule has 1 saturated carbocycles. The predicted octanol–water partition coefficient (Wildman–Crippen LogP) is 3.53. The van der Waals surface area contributed by atoms with Crippen molar-refractivity contribution >= 4 is 5.97 Å². The van der Waals surface area contributed by atoms with Crippen LogP contribution < -0.4 is 0 Å². The summed E-state index contributed by atoms with van der Waals surface area (Å²) in [6, 6.07) is 0. The van der Waals surface area contributed by atoms with Crippen LogP contribution in [0.5, 0.6) is 0 Å². The molecule has 0 unspecified atom stereocenters. The number of rotatable bonds is 2. The lowest BCUT2D eigenvalue weighted by molar-refractivity contribution is -0.139. The molecule has 1 aliphatic carbocycles. The molecule has 0 amide bonds. The van der Waals surface area contributed by atoms with Crippen LogP contribution in [0.1, 0.15) is 59.8 Å². The van der Waals surface area contributed by atoms with Crippen LogP contribution in [-0.2, 0) is 10.9 Å². The number of methoxy groups -OCH3 is 1. The van der Waals surface area contributed by atoms with Gasteiger partial charge in [0.2, 0.25) is 5.69 Å². The first kappa shape index (κ1) is 13.9. The Morgan fingerprint density at radius 1 is 1.32 bits per heavy atom. The first-order valence-corrected chi connectivity index (χ1v) is 6.10. The third-order valence-corrected chi connectivity index (χ3v) is 3.36. The third kappa shape index (κ3) is 2.74. The number of esters is 1. The first-order chi connectivity index (χ1) is 8.95. The second-order valence-electron chi connectivity index (χ2n) is 4.59.